The first-order valence-electron chi connectivity index (χ1n) is 4.45. The van der Waals surface area contributed by atoms with E-state index in [0.29, 0.717) is 10.2 Å². The fraction of sp³-hybridized carbons (Fsp3) is 0.100. The second-order valence-electron chi connectivity index (χ2n) is 3.20. The van der Waals surface area contributed by atoms with Crippen LogP contribution in [0, 0.1) is 6.92 Å². The molecule has 0 atom stereocenters. The van der Waals surface area contributed by atoms with Crippen molar-refractivity contribution < 1.29 is 9.21 Å². The predicted molar refractivity (Wildman–Crippen MR) is 57.6 cm³/mol. The first-order chi connectivity index (χ1) is 7.58. The van der Waals surface area contributed by atoms with Gasteiger partial charge in [-0.1, -0.05) is 17.7 Å². The van der Waals surface area contributed by atoms with Crippen LogP contribution in [-0.2, 0) is 0 Å². The van der Waals surface area contributed by atoms with E-state index in [2.05, 4.69) is 5.10 Å². The molecule has 0 amide bonds. The molecule has 1 aromatic carbocycles. The zero-order valence-electron chi connectivity index (χ0n) is 8.31. The van der Waals surface area contributed by atoms with E-state index in [1.54, 1.807) is 12.1 Å². The van der Waals surface area contributed by atoms with Gasteiger partial charge in [0.2, 0.25) is 5.89 Å². The van der Waals surface area contributed by atoms with Gasteiger partial charge in [0.1, 0.15) is 0 Å². The first kappa shape index (κ1) is 10.6. The van der Waals surface area contributed by atoms with Crippen molar-refractivity contribution in [1.29, 1.82) is 0 Å². The molecule has 5 nitrogen and oxygen atoms in total. The van der Waals surface area contributed by atoms with Gasteiger partial charge in [0.25, 0.3) is 0 Å². The van der Waals surface area contributed by atoms with Gasteiger partial charge in [-0.15, -0.1) is 9.78 Å². The molecule has 0 unspecified atom stereocenters. The topological polar surface area (TPSA) is 65.1 Å². The molecular weight excluding hydrogens is 232 g/mol. The SMILES string of the molecule is Cc1ccc(-c2nn(C(=O)Cl)c(=O)o2)cc1. The quantitative estimate of drug-likeness (QED) is 0.713. The fourth-order valence-corrected chi connectivity index (χ4v) is 1.31. The Hall–Kier alpha value is -1.88. The molecule has 82 valence electrons. The highest BCUT2D eigenvalue weighted by Gasteiger charge is 2.13. The first-order valence-corrected chi connectivity index (χ1v) is 4.83. The van der Waals surface area contributed by atoms with Crippen LogP contribution in [0.15, 0.2) is 33.5 Å². The molecule has 2 rings (SSSR count). The maximum absolute atomic E-state index is 11.2. The third-order valence-electron chi connectivity index (χ3n) is 2.01. The Labute approximate surface area is 95.3 Å². The molecule has 0 spiro atoms. The molecule has 0 saturated carbocycles. The highest BCUT2D eigenvalue weighted by molar-refractivity contribution is 6.63. The summed E-state index contributed by atoms with van der Waals surface area (Å²) >= 11 is 5.14. The van der Waals surface area contributed by atoms with Crippen molar-refractivity contribution in [2.45, 2.75) is 6.92 Å². The van der Waals surface area contributed by atoms with E-state index in [0.717, 1.165) is 5.56 Å². The number of hydrogen-bond donors (Lipinski definition) is 0. The summed E-state index contributed by atoms with van der Waals surface area (Å²) in [6.07, 6.45) is 0. The van der Waals surface area contributed by atoms with Gasteiger partial charge < -0.3 is 4.42 Å². The molecule has 0 aliphatic rings. The monoisotopic (exact) mass is 238 g/mol. The molecule has 2 aromatic rings. The van der Waals surface area contributed by atoms with E-state index in [1.807, 2.05) is 19.1 Å². The Morgan fingerprint density at radius 2 is 2.00 bits per heavy atom. The van der Waals surface area contributed by atoms with Crippen LogP contribution >= 0.6 is 11.6 Å². The number of halogens is 1. The van der Waals surface area contributed by atoms with Gasteiger partial charge in [-0.3, -0.25) is 4.79 Å². The second kappa shape index (κ2) is 3.94. The number of benzene rings is 1. The summed E-state index contributed by atoms with van der Waals surface area (Å²) < 4.78 is 5.26. The summed E-state index contributed by atoms with van der Waals surface area (Å²) in [5.41, 5.74) is 1.68. The van der Waals surface area contributed by atoms with E-state index in [-0.39, 0.29) is 5.89 Å². The summed E-state index contributed by atoms with van der Waals surface area (Å²) in [6, 6.07) is 7.17. The van der Waals surface area contributed by atoms with Crippen molar-refractivity contribution in [1.82, 2.24) is 9.78 Å². The van der Waals surface area contributed by atoms with Crippen molar-refractivity contribution >= 4 is 17.0 Å². The molecule has 0 N–H and O–H groups in total. The number of hydrogen-bond acceptors (Lipinski definition) is 4. The molecule has 1 heterocycles. The zero-order valence-corrected chi connectivity index (χ0v) is 9.06. The number of rotatable bonds is 1. The second-order valence-corrected chi connectivity index (χ2v) is 3.53. The molecule has 0 radical (unpaired) electrons. The maximum Gasteiger partial charge on any atom is 0.445 e. The number of aryl methyl sites for hydroxylation is 1. The van der Waals surface area contributed by atoms with Crippen LogP contribution < -0.4 is 5.76 Å². The minimum Gasteiger partial charge on any atom is -0.387 e. The molecule has 0 aliphatic heterocycles. The number of aromatic nitrogens is 2. The van der Waals surface area contributed by atoms with E-state index >= 15 is 0 Å². The summed E-state index contributed by atoms with van der Waals surface area (Å²) in [4.78, 5) is 21.9. The van der Waals surface area contributed by atoms with Gasteiger partial charge in [-0.2, -0.15) is 0 Å². The van der Waals surface area contributed by atoms with Crippen LogP contribution in [0.1, 0.15) is 5.56 Å². The highest BCUT2D eigenvalue weighted by Crippen LogP contribution is 2.15. The van der Waals surface area contributed by atoms with Crippen molar-refractivity contribution in [2.24, 2.45) is 0 Å². The Balaban J connectivity index is 2.49. The molecule has 0 saturated heterocycles. The molecule has 0 bridgehead atoms. The zero-order chi connectivity index (χ0) is 11.7. The Morgan fingerprint density at radius 3 is 2.50 bits per heavy atom. The third kappa shape index (κ3) is 1.90. The van der Waals surface area contributed by atoms with E-state index in [9.17, 15) is 9.59 Å². The van der Waals surface area contributed by atoms with Gasteiger partial charge in [0.05, 0.1) is 0 Å². The molecule has 6 heteroatoms. The summed E-state index contributed by atoms with van der Waals surface area (Å²) in [6.45, 7) is 1.93. The summed E-state index contributed by atoms with van der Waals surface area (Å²) in [5, 5.41) is 2.67. The normalized spacial score (nSPS) is 10.4. The van der Waals surface area contributed by atoms with E-state index in [4.69, 9.17) is 16.0 Å². The maximum atomic E-state index is 11.2. The van der Waals surface area contributed by atoms with Gasteiger partial charge in [-0.05, 0) is 30.7 Å². The van der Waals surface area contributed by atoms with Crippen molar-refractivity contribution in [3.05, 3.63) is 40.4 Å². The Morgan fingerprint density at radius 1 is 1.38 bits per heavy atom. The lowest BCUT2D eigenvalue weighted by Crippen LogP contribution is -2.18. The van der Waals surface area contributed by atoms with Crippen LogP contribution in [0.2, 0.25) is 0 Å². The van der Waals surface area contributed by atoms with Crippen LogP contribution in [0.4, 0.5) is 4.79 Å². The van der Waals surface area contributed by atoms with E-state index < -0.39 is 11.1 Å². The highest BCUT2D eigenvalue weighted by atomic mass is 35.5. The largest absolute Gasteiger partial charge is 0.445 e. The van der Waals surface area contributed by atoms with Crippen LogP contribution in [0.5, 0.6) is 0 Å². The average molecular weight is 239 g/mol. The lowest BCUT2D eigenvalue weighted by Gasteiger charge is -1.94. The Bertz CT molecular complexity index is 583. The third-order valence-corrected chi connectivity index (χ3v) is 2.17. The van der Waals surface area contributed by atoms with Crippen molar-refractivity contribution in [3.63, 3.8) is 0 Å². The molecule has 1 aromatic heterocycles. The molecule has 16 heavy (non-hydrogen) atoms. The van der Waals surface area contributed by atoms with Crippen LogP contribution in [0.25, 0.3) is 11.5 Å². The fourth-order valence-electron chi connectivity index (χ4n) is 1.20. The minimum atomic E-state index is -0.993. The summed E-state index contributed by atoms with van der Waals surface area (Å²) in [5.74, 6) is -0.824. The molecule has 0 fully saturated rings. The standard InChI is InChI=1S/C10H7ClN2O3/c1-6-2-4-7(5-3-6)8-12-13(9(11)14)10(15)16-8/h2-5H,1H3. The summed E-state index contributed by atoms with van der Waals surface area (Å²) in [7, 11) is 0. The number of nitrogens with zero attached hydrogens (tertiary/aromatic N) is 2. The average Bonchev–Trinajstić information content (AvgIpc) is 2.61. The van der Waals surface area contributed by atoms with Crippen LogP contribution in [-0.4, -0.2) is 15.1 Å². The van der Waals surface area contributed by atoms with Crippen LogP contribution in [0.3, 0.4) is 0 Å². The molecular formula is C10H7ClN2O3. The van der Waals surface area contributed by atoms with Crippen molar-refractivity contribution in [2.75, 3.05) is 0 Å². The van der Waals surface area contributed by atoms with Gasteiger partial charge in [0.15, 0.2) is 0 Å². The van der Waals surface area contributed by atoms with Gasteiger partial charge in [-0.25, -0.2) is 4.79 Å². The van der Waals surface area contributed by atoms with E-state index in [1.165, 1.54) is 0 Å². The molecule has 0 aliphatic carbocycles. The smallest absolute Gasteiger partial charge is 0.387 e. The van der Waals surface area contributed by atoms with Crippen molar-refractivity contribution in [3.8, 4) is 11.5 Å². The predicted octanol–water partition coefficient (Wildman–Crippen LogP) is 2.02. The van der Waals surface area contributed by atoms with Gasteiger partial charge >= 0.3 is 11.1 Å². The Kier molecular flexibility index (Phi) is 2.62. The van der Waals surface area contributed by atoms with Gasteiger partial charge in [0, 0.05) is 5.56 Å². The minimum absolute atomic E-state index is 0.0685. The number of carbonyl (C=O) groups excluding carboxylic acids is 1. The number of carbonyl (C=O) groups is 1. The lowest BCUT2D eigenvalue weighted by molar-refractivity contribution is 0.257. The lowest BCUT2D eigenvalue weighted by atomic mass is 10.1.